The summed E-state index contributed by atoms with van der Waals surface area (Å²) in [6.45, 7) is -1.03. The van der Waals surface area contributed by atoms with Crippen LogP contribution < -0.4 is 0 Å². The van der Waals surface area contributed by atoms with E-state index >= 15 is 0 Å². The molecule has 0 spiro atoms. The smallest absolute Gasteiger partial charge is 0.410 e. The van der Waals surface area contributed by atoms with Gasteiger partial charge in [-0.05, 0) is 12.0 Å². The van der Waals surface area contributed by atoms with Crippen molar-refractivity contribution < 1.29 is 31.1 Å². The normalized spacial score (nSPS) is 28.6. The van der Waals surface area contributed by atoms with Gasteiger partial charge in [-0.1, -0.05) is 30.3 Å². The molecule has 0 aromatic heterocycles. The molecule has 1 aromatic rings. The molecule has 10 heteroatoms. The average Bonchev–Trinajstić information content (AvgIpc) is 2.99. The first kappa shape index (κ1) is 18.3. The van der Waals surface area contributed by atoms with Gasteiger partial charge < -0.3 is 9.64 Å². The topological polar surface area (TPSA) is 63.7 Å². The summed E-state index contributed by atoms with van der Waals surface area (Å²) in [5.41, 5.74) is -3.12. The van der Waals surface area contributed by atoms with Gasteiger partial charge in [0, 0.05) is 29.2 Å². The predicted octanol–water partition coefficient (Wildman–Crippen LogP) is 3.15. The molecule has 0 bridgehead atoms. The minimum absolute atomic E-state index is 0.0734. The number of ether oxygens (including phenoxy) is 1. The summed E-state index contributed by atoms with van der Waals surface area (Å²) in [6.07, 6.45) is -5.87. The monoisotopic (exact) mass is 397 g/mol. The quantitative estimate of drug-likeness (QED) is 0.732. The number of carbonyl (C=O) groups is 1. The number of halogens is 4. The Labute approximate surface area is 147 Å². The Balaban J connectivity index is 1.72. The molecule has 2 aliphatic rings. The first-order valence-electron chi connectivity index (χ1n) is 7.43. The van der Waals surface area contributed by atoms with Crippen LogP contribution in [-0.2, 0) is 20.4 Å². The summed E-state index contributed by atoms with van der Waals surface area (Å²) in [7, 11) is 1.05. The lowest BCUT2D eigenvalue weighted by molar-refractivity contribution is -0.191. The van der Waals surface area contributed by atoms with Crippen LogP contribution in [0.4, 0.5) is 18.0 Å². The van der Waals surface area contributed by atoms with E-state index in [1.807, 2.05) is 0 Å². The SMILES string of the molecule is O=C(OCc1ccccc1)N1CC2(CS(=O)(=O)Cl)CC2(C(F)(F)F)C1. The van der Waals surface area contributed by atoms with Crippen LogP contribution in [0.15, 0.2) is 30.3 Å². The highest BCUT2D eigenvalue weighted by Gasteiger charge is 2.84. The van der Waals surface area contributed by atoms with E-state index in [0.29, 0.717) is 5.56 Å². The van der Waals surface area contributed by atoms with Crippen LogP contribution in [-0.4, -0.2) is 44.4 Å². The van der Waals surface area contributed by atoms with Crippen LogP contribution in [0.2, 0.25) is 0 Å². The maximum atomic E-state index is 13.5. The number of amides is 1. The fraction of sp³-hybridized carbons (Fsp3) is 0.533. The van der Waals surface area contributed by atoms with Gasteiger partial charge in [-0.15, -0.1) is 0 Å². The van der Waals surface area contributed by atoms with Crippen molar-refractivity contribution in [2.45, 2.75) is 19.2 Å². The first-order valence-corrected chi connectivity index (χ1v) is 9.91. The van der Waals surface area contributed by atoms with Crippen LogP contribution in [0.25, 0.3) is 0 Å². The Morgan fingerprint density at radius 1 is 1.24 bits per heavy atom. The average molecular weight is 398 g/mol. The van der Waals surface area contributed by atoms with Crippen LogP contribution in [0.5, 0.6) is 0 Å². The summed E-state index contributed by atoms with van der Waals surface area (Å²) >= 11 is 0. The van der Waals surface area contributed by atoms with Crippen LogP contribution in [0.1, 0.15) is 12.0 Å². The molecule has 1 aliphatic heterocycles. The Morgan fingerprint density at radius 3 is 2.44 bits per heavy atom. The number of nitrogens with zero attached hydrogens (tertiary/aromatic N) is 1. The molecule has 0 N–H and O–H groups in total. The summed E-state index contributed by atoms with van der Waals surface area (Å²) in [4.78, 5) is 13.0. The molecule has 2 atom stereocenters. The van der Waals surface area contributed by atoms with Gasteiger partial charge in [0.1, 0.15) is 6.61 Å². The highest BCUT2D eigenvalue weighted by Crippen LogP contribution is 2.75. The van der Waals surface area contributed by atoms with Crippen molar-refractivity contribution in [2.75, 3.05) is 18.8 Å². The molecule has 5 nitrogen and oxygen atoms in total. The summed E-state index contributed by atoms with van der Waals surface area (Å²) < 4.78 is 68.2. The van der Waals surface area contributed by atoms with Gasteiger partial charge in [0.25, 0.3) is 0 Å². The molecule has 1 aromatic carbocycles. The molecule has 138 valence electrons. The standard InChI is InChI=1S/C15H15ClF3NO4S/c16-25(22,23)10-13-7-14(13,15(17,18)19)9-20(8-13)12(21)24-6-11-4-2-1-3-5-11/h1-5H,6-10H2. The lowest BCUT2D eigenvalue weighted by atomic mass is 9.97. The molecular formula is C15H15ClF3NO4S. The molecule has 1 saturated carbocycles. The van der Waals surface area contributed by atoms with Gasteiger partial charge in [-0.2, -0.15) is 13.2 Å². The summed E-state index contributed by atoms with van der Waals surface area (Å²) in [5, 5.41) is 0. The van der Waals surface area contributed by atoms with E-state index in [9.17, 15) is 26.4 Å². The third-order valence-electron chi connectivity index (χ3n) is 4.94. The molecule has 2 unspecified atom stereocenters. The molecule has 0 radical (unpaired) electrons. The third kappa shape index (κ3) is 3.31. The number of carbonyl (C=O) groups excluding carboxylic acids is 1. The predicted molar refractivity (Wildman–Crippen MR) is 83.4 cm³/mol. The number of rotatable bonds is 4. The van der Waals surface area contributed by atoms with Crippen molar-refractivity contribution in [3.63, 3.8) is 0 Å². The summed E-state index contributed by atoms with van der Waals surface area (Å²) in [5.74, 6) is -0.816. The van der Waals surface area contributed by atoms with Crippen LogP contribution in [0, 0.1) is 10.8 Å². The lowest BCUT2D eigenvalue weighted by Crippen LogP contribution is -2.36. The Bertz CT molecular complexity index is 786. The van der Waals surface area contributed by atoms with Crippen molar-refractivity contribution in [2.24, 2.45) is 10.8 Å². The molecule has 1 aliphatic carbocycles. The minimum atomic E-state index is -4.62. The Morgan fingerprint density at radius 2 is 1.88 bits per heavy atom. The maximum Gasteiger partial charge on any atom is 0.410 e. The number of fused-ring (bicyclic) bond motifs is 1. The number of benzene rings is 1. The van der Waals surface area contributed by atoms with E-state index in [4.69, 9.17) is 15.4 Å². The van der Waals surface area contributed by atoms with E-state index in [-0.39, 0.29) is 19.6 Å². The second-order valence-corrected chi connectivity index (χ2v) is 9.39. The van der Waals surface area contributed by atoms with E-state index < -0.39 is 44.4 Å². The molecule has 1 saturated heterocycles. The van der Waals surface area contributed by atoms with E-state index in [0.717, 1.165) is 4.90 Å². The van der Waals surface area contributed by atoms with Crippen LogP contribution >= 0.6 is 10.7 Å². The van der Waals surface area contributed by atoms with Crippen molar-refractivity contribution in [3.05, 3.63) is 35.9 Å². The third-order valence-corrected chi connectivity index (χ3v) is 6.16. The van der Waals surface area contributed by atoms with Crippen molar-refractivity contribution in [3.8, 4) is 0 Å². The maximum absolute atomic E-state index is 13.5. The van der Waals surface area contributed by atoms with E-state index in [1.165, 1.54) is 0 Å². The fourth-order valence-corrected chi connectivity index (χ4v) is 5.46. The van der Waals surface area contributed by atoms with Gasteiger partial charge in [0.2, 0.25) is 9.05 Å². The Hall–Kier alpha value is -1.48. The fourth-order valence-electron chi connectivity index (χ4n) is 3.71. The minimum Gasteiger partial charge on any atom is -0.445 e. The molecule has 2 fully saturated rings. The zero-order valence-corrected chi connectivity index (χ0v) is 14.5. The second-order valence-electron chi connectivity index (χ2n) is 6.62. The van der Waals surface area contributed by atoms with Crippen molar-refractivity contribution in [1.82, 2.24) is 4.90 Å². The zero-order chi connectivity index (χ0) is 18.5. The number of hydrogen-bond acceptors (Lipinski definition) is 4. The number of likely N-dealkylation sites (tertiary alicyclic amines) is 1. The second kappa shape index (κ2) is 5.77. The largest absolute Gasteiger partial charge is 0.445 e. The van der Waals surface area contributed by atoms with Gasteiger partial charge in [0.05, 0.1) is 11.2 Å². The summed E-state index contributed by atoms with van der Waals surface area (Å²) in [6, 6.07) is 8.70. The highest BCUT2D eigenvalue weighted by atomic mass is 35.7. The zero-order valence-electron chi connectivity index (χ0n) is 12.9. The molecule has 25 heavy (non-hydrogen) atoms. The lowest BCUT2D eigenvalue weighted by Gasteiger charge is -2.22. The van der Waals surface area contributed by atoms with E-state index in [2.05, 4.69) is 0 Å². The molecule has 1 amide bonds. The van der Waals surface area contributed by atoms with Crippen molar-refractivity contribution >= 4 is 25.8 Å². The first-order chi connectivity index (χ1) is 11.5. The van der Waals surface area contributed by atoms with Crippen molar-refractivity contribution in [1.29, 1.82) is 0 Å². The Kier molecular flexibility index (Phi) is 4.23. The van der Waals surface area contributed by atoms with E-state index in [1.54, 1.807) is 30.3 Å². The van der Waals surface area contributed by atoms with Gasteiger partial charge >= 0.3 is 12.3 Å². The van der Waals surface area contributed by atoms with Crippen LogP contribution in [0.3, 0.4) is 0 Å². The van der Waals surface area contributed by atoms with Gasteiger partial charge in [-0.3, -0.25) is 0 Å². The molecule has 1 heterocycles. The number of hydrogen-bond donors (Lipinski definition) is 0. The molecule has 3 rings (SSSR count). The highest BCUT2D eigenvalue weighted by molar-refractivity contribution is 8.13. The number of piperidine rings is 1. The molecular weight excluding hydrogens is 383 g/mol. The number of alkyl halides is 3. The van der Waals surface area contributed by atoms with Gasteiger partial charge in [0.15, 0.2) is 0 Å². The van der Waals surface area contributed by atoms with Gasteiger partial charge in [-0.25, -0.2) is 13.2 Å².